The number of pyridine rings is 2. The van der Waals surface area contributed by atoms with Crippen molar-refractivity contribution in [3.05, 3.63) is 131 Å². The summed E-state index contributed by atoms with van der Waals surface area (Å²) in [6.45, 7) is 25.0. The molecule has 1 N–H and O–H groups in total. The molecule has 0 bridgehead atoms. The van der Waals surface area contributed by atoms with Crippen molar-refractivity contribution in [3.8, 4) is 17.0 Å². The predicted octanol–water partition coefficient (Wildman–Crippen LogP) is 13.7. The molecule has 0 radical (unpaired) electrons. The molecule has 0 unspecified atom stereocenters. The normalized spacial score (nSPS) is 14.4. The Kier molecular flexibility index (Phi) is 8.58. The number of aromatic hydroxyl groups is 1. The molecule has 0 amide bonds. The largest absolute Gasteiger partial charge is 0.506 e. The second-order valence-corrected chi connectivity index (χ2v) is 19.3. The van der Waals surface area contributed by atoms with Gasteiger partial charge in [0, 0.05) is 38.3 Å². The number of aromatic nitrogens is 2. The van der Waals surface area contributed by atoms with Crippen molar-refractivity contribution in [2.45, 2.75) is 97.8 Å². The third kappa shape index (κ3) is 5.82. The number of hydrogen-bond acceptors (Lipinski definition) is 4. The van der Waals surface area contributed by atoms with Gasteiger partial charge >= 0.3 is 0 Å². The molecule has 8 aromatic rings. The standard InChI is InChI=1S/C51H50N3O.Pt/c1-48(2,3)31-20-21-52-44(27-31)54-41-15-13-12-14-38(41)51(10,11)39-18-16-29(24-42(39)54)40-28-37-36-26-33(50(7,8)9)23-30-22-32(49(4,5)6)25-35(45(30)36)34-17-19-43(55)47(53-40)46(34)37;/h12-23,25-28,55H,1-11H3;/q-1;. The number of hydrogen-bond donors (Lipinski definition) is 1. The number of phenolic OH excluding ortho intramolecular Hbond substituents is 1. The van der Waals surface area contributed by atoms with E-state index in [1.165, 1.54) is 49.4 Å². The van der Waals surface area contributed by atoms with Gasteiger partial charge in [0.25, 0.3) is 0 Å². The molecule has 0 atom stereocenters. The van der Waals surface area contributed by atoms with E-state index >= 15 is 0 Å². The summed E-state index contributed by atoms with van der Waals surface area (Å²) in [4.78, 5) is 12.5. The molecule has 4 nitrogen and oxygen atoms in total. The van der Waals surface area contributed by atoms with Crippen LogP contribution in [-0.2, 0) is 42.7 Å². The van der Waals surface area contributed by atoms with E-state index in [4.69, 9.17) is 9.97 Å². The Bertz CT molecular complexity index is 2860. The molecular formula is C51H50N3OPt-. The Morgan fingerprint density at radius 3 is 1.91 bits per heavy atom. The van der Waals surface area contributed by atoms with Gasteiger partial charge in [0.2, 0.25) is 0 Å². The zero-order chi connectivity index (χ0) is 39.0. The summed E-state index contributed by atoms with van der Waals surface area (Å²) in [7, 11) is 0. The Hall–Kier alpha value is -4.79. The third-order valence-electron chi connectivity index (χ3n) is 12.1. The van der Waals surface area contributed by atoms with Gasteiger partial charge in [-0.25, -0.2) is 4.98 Å². The molecule has 0 spiro atoms. The first-order chi connectivity index (χ1) is 25.8. The van der Waals surface area contributed by atoms with E-state index in [-0.39, 0.29) is 48.5 Å². The molecule has 286 valence electrons. The predicted molar refractivity (Wildman–Crippen MR) is 232 cm³/mol. The third-order valence-corrected chi connectivity index (χ3v) is 12.1. The van der Waals surface area contributed by atoms with Crippen LogP contribution in [0.4, 0.5) is 17.2 Å². The summed E-state index contributed by atoms with van der Waals surface area (Å²) in [6.07, 6.45) is 1.92. The molecule has 0 saturated heterocycles. The maximum Gasteiger partial charge on any atom is 0.140 e. The van der Waals surface area contributed by atoms with E-state index < -0.39 is 0 Å². The van der Waals surface area contributed by atoms with Gasteiger partial charge in [0.15, 0.2) is 0 Å². The summed E-state index contributed by atoms with van der Waals surface area (Å²) in [5, 5.41) is 19.7. The van der Waals surface area contributed by atoms with E-state index in [1.807, 2.05) is 12.3 Å². The summed E-state index contributed by atoms with van der Waals surface area (Å²) < 4.78 is 0. The van der Waals surface area contributed by atoms with Gasteiger partial charge in [-0.15, -0.1) is 23.8 Å². The second-order valence-electron chi connectivity index (χ2n) is 19.3. The Labute approximate surface area is 345 Å². The zero-order valence-corrected chi connectivity index (χ0v) is 36.6. The van der Waals surface area contributed by atoms with E-state index in [0.717, 1.165) is 44.6 Å². The summed E-state index contributed by atoms with van der Waals surface area (Å²) in [6, 6.07) is 36.9. The van der Waals surface area contributed by atoms with Crippen molar-refractivity contribution in [2.24, 2.45) is 0 Å². The van der Waals surface area contributed by atoms with Crippen LogP contribution in [0.3, 0.4) is 0 Å². The van der Waals surface area contributed by atoms with Crippen LogP contribution in [0, 0.1) is 6.07 Å². The molecule has 56 heavy (non-hydrogen) atoms. The van der Waals surface area contributed by atoms with Crippen molar-refractivity contribution in [1.29, 1.82) is 0 Å². The van der Waals surface area contributed by atoms with Crippen molar-refractivity contribution < 1.29 is 26.2 Å². The Balaban J connectivity index is 0.00000441. The van der Waals surface area contributed by atoms with Gasteiger partial charge in [0.05, 0.1) is 0 Å². The van der Waals surface area contributed by atoms with Crippen molar-refractivity contribution >= 4 is 60.4 Å². The van der Waals surface area contributed by atoms with Gasteiger partial charge in [-0.3, -0.25) is 4.98 Å². The van der Waals surface area contributed by atoms with Crippen LogP contribution in [0.5, 0.6) is 5.75 Å². The van der Waals surface area contributed by atoms with Crippen LogP contribution >= 0.6 is 0 Å². The molecule has 3 heterocycles. The number of anilines is 3. The molecular weight excluding hydrogens is 866 g/mol. The molecule has 1 aliphatic heterocycles. The Morgan fingerprint density at radius 1 is 0.625 bits per heavy atom. The first-order valence-corrected chi connectivity index (χ1v) is 19.6. The van der Waals surface area contributed by atoms with Crippen LogP contribution in [0.15, 0.2) is 97.2 Å². The van der Waals surface area contributed by atoms with Crippen molar-refractivity contribution in [1.82, 2.24) is 9.97 Å². The van der Waals surface area contributed by atoms with Crippen LogP contribution in [-0.4, -0.2) is 15.1 Å². The van der Waals surface area contributed by atoms with Crippen LogP contribution in [0.2, 0.25) is 0 Å². The number of phenols is 1. The van der Waals surface area contributed by atoms with Gasteiger partial charge < -0.3 is 10.0 Å². The quantitative estimate of drug-likeness (QED) is 0.107. The first kappa shape index (κ1) is 38.1. The van der Waals surface area contributed by atoms with E-state index in [9.17, 15) is 5.11 Å². The first-order valence-electron chi connectivity index (χ1n) is 19.6. The fraction of sp³-hybridized carbons (Fsp3) is 0.294. The molecule has 1 aliphatic rings. The fourth-order valence-electron chi connectivity index (χ4n) is 8.73. The number of fused-ring (bicyclic) bond motifs is 4. The molecule has 2 aromatic heterocycles. The van der Waals surface area contributed by atoms with Crippen LogP contribution < -0.4 is 4.90 Å². The topological polar surface area (TPSA) is 49.2 Å². The second kappa shape index (κ2) is 12.6. The van der Waals surface area contributed by atoms with E-state index in [0.29, 0.717) is 5.52 Å². The van der Waals surface area contributed by atoms with Gasteiger partial charge in [-0.05, 0) is 130 Å². The zero-order valence-electron chi connectivity index (χ0n) is 34.3. The summed E-state index contributed by atoms with van der Waals surface area (Å²) >= 11 is 0. The Morgan fingerprint density at radius 2 is 1.25 bits per heavy atom. The smallest absolute Gasteiger partial charge is 0.140 e. The minimum atomic E-state index is -0.274. The number of rotatable bonds is 2. The molecule has 0 saturated carbocycles. The molecule has 6 aromatic carbocycles. The minimum absolute atomic E-state index is 0. The number of nitrogens with zero attached hydrogens (tertiary/aromatic N) is 3. The van der Waals surface area contributed by atoms with Crippen LogP contribution in [0.25, 0.3) is 54.5 Å². The van der Waals surface area contributed by atoms with Crippen molar-refractivity contribution in [3.63, 3.8) is 0 Å². The summed E-state index contributed by atoms with van der Waals surface area (Å²) in [5.74, 6) is 1.04. The maximum atomic E-state index is 11.6. The van der Waals surface area contributed by atoms with Gasteiger partial charge in [-0.2, -0.15) is 0 Å². The van der Waals surface area contributed by atoms with Gasteiger partial charge in [0.1, 0.15) is 17.1 Å². The summed E-state index contributed by atoms with van der Waals surface area (Å²) in [5.41, 5.74) is 10.1. The minimum Gasteiger partial charge on any atom is -0.506 e. The fourth-order valence-corrected chi connectivity index (χ4v) is 8.73. The average molecular weight is 916 g/mol. The van der Waals surface area contributed by atoms with Gasteiger partial charge in [-0.1, -0.05) is 118 Å². The molecule has 5 heteroatoms. The van der Waals surface area contributed by atoms with Crippen LogP contribution in [0.1, 0.15) is 104 Å². The van der Waals surface area contributed by atoms with E-state index in [1.54, 1.807) is 0 Å². The molecule has 0 aliphatic carbocycles. The molecule has 9 rings (SSSR count). The number of benzene rings is 6. The van der Waals surface area contributed by atoms with E-state index in [2.05, 4.69) is 172 Å². The SMILES string of the molecule is CC(C)(C)c1ccnc(N2c3[c-]c(-c4cc5c6cc(C(C)(C)C)cc7cc(C(C)(C)C)cc(c8ccc(O)c(n4)c85)c76)ccc3C(C)(C)c3ccccc32)c1.[Pt]. The maximum absolute atomic E-state index is 11.6. The average Bonchev–Trinajstić information content (AvgIpc) is 3.13. The van der Waals surface area contributed by atoms with Crippen molar-refractivity contribution in [2.75, 3.05) is 4.90 Å². The monoisotopic (exact) mass is 915 g/mol. The number of para-hydroxylation sites is 1. The molecule has 0 fully saturated rings.